The average molecular weight is 310 g/mol. The molecule has 3 N–H and O–H groups in total. The highest BCUT2D eigenvalue weighted by atomic mass is 32.2. The van der Waals surface area contributed by atoms with Crippen molar-refractivity contribution in [3.8, 4) is 0 Å². The molecule has 0 saturated carbocycles. The van der Waals surface area contributed by atoms with E-state index >= 15 is 0 Å². The highest BCUT2D eigenvalue weighted by molar-refractivity contribution is 7.89. The minimum Gasteiger partial charge on any atom is -0.399 e. The van der Waals surface area contributed by atoms with E-state index in [0.29, 0.717) is 11.3 Å². The number of hydrogen-bond donors (Lipinski definition) is 2. The number of nitrogens with two attached hydrogens (primary N) is 1. The van der Waals surface area contributed by atoms with Gasteiger partial charge < -0.3 is 5.73 Å². The fourth-order valence-corrected chi connectivity index (χ4v) is 3.00. The Labute approximate surface area is 116 Å². The molecule has 1 aromatic rings. The molecule has 1 aromatic carbocycles. The third-order valence-corrected chi connectivity index (χ3v) is 4.18. The monoisotopic (exact) mass is 310 g/mol. The van der Waals surface area contributed by atoms with E-state index in [4.69, 9.17) is 5.73 Å². The first-order valence-electron chi connectivity index (χ1n) is 6.01. The van der Waals surface area contributed by atoms with E-state index in [9.17, 15) is 21.6 Å². The third kappa shape index (κ3) is 6.25. The highest BCUT2D eigenvalue weighted by Gasteiger charge is 2.27. The van der Waals surface area contributed by atoms with Crippen LogP contribution in [0.4, 0.5) is 18.9 Å². The van der Waals surface area contributed by atoms with Crippen LogP contribution in [0.2, 0.25) is 0 Å². The van der Waals surface area contributed by atoms with Gasteiger partial charge in [0.25, 0.3) is 0 Å². The molecule has 0 fully saturated rings. The lowest BCUT2D eigenvalue weighted by Gasteiger charge is -2.15. The summed E-state index contributed by atoms with van der Waals surface area (Å²) in [6.07, 6.45) is -5.90. The number of benzene rings is 1. The van der Waals surface area contributed by atoms with E-state index in [1.165, 1.54) is 0 Å². The number of rotatable bonds is 6. The number of hydrogen-bond acceptors (Lipinski definition) is 3. The SMILES string of the molecule is CC(NS(=O)(=O)CCCC(F)(F)F)c1cccc(N)c1. The van der Waals surface area contributed by atoms with Crippen LogP contribution in [0.25, 0.3) is 0 Å². The Morgan fingerprint density at radius 3 is 2.55 bits per heavy atom. The third-order valence-electron chi connectivity index (χ3n) is 2.64. The number of sulfonamides is 1. The second-order valence-electron chi connectivity index (χ2n) is 4.55. The first-order valence-corrected chi connectivity index (χ1v) is 7.66. The summed E-state index contributed by atoms with van der Waals surface area (Å²) >= 11 is 0. The van der Waals surface area contributed by atoms with E-state index in [2.05, 4.69) is 4.72 Å². The Hall–Kier alpha value is -1.28. The Bertz CT molecular complexity index is 544. The van der Waals surface area contributed by atoms with E-state index in [1.807, 2.05) is 0 Å². The number of nitrogens with one attached hydrogen (secondary N) is 1. The smallest absolute Gasteiger partial charge is 0.389 e. The molecule has 0 aliphatic heterocycles. The van der Waals surface area contributed by atoms with Crippen molar-refractivity contribution in [2.75, 3.05) is 11.5 Å². The molecule has 0 spiro atoms. The zero-order chi connectivity index (χ0) is 15.4. The largest absolute Gasteiger partial charge is 0.399 e. The Kier molecular flexibility index (Phi) is 5.41. The Balaban J connectivity index is 2.58. The van der Waals surface area contributed by atoms with Crippen LogP contribution in [0.1, 0.15) is 31.4 Å². The predicted molar refractivity (Wildman–Crippen MR) is 71.5 cm³/mol. The minimum atomic E-state index is -4.34. The van der Waals surface area contributed by atoms with Gasteiger partial charge in [0, 0.05) is 18.2 Å². The topological polar surface area (TPSA) is 72.2 Å². The van der Waals surface area contributed by atoms with E-state index in [-0.39, 0.29) is 0 Å². The van der Waals surface area contributed by atoms with Crippen LogP contribution in [0.15, 0.2) is 24.3 Å². The minimum absolute atomic E-state index is 0.456. The van der Waals surface area contributed by atoms with Crippen LogP contribution in [0, 0.1) is 0 Å². The lowest BCUT2D eigenvalue weighted by atomic mass is 10.1. The summed E-state index contributed by atoms with van der Waals surface area (Å²) < 4.78 is 61.6. The molecule has 20 heavy (non-hydrogen) atoms. The maximum absolute atomic E-state index is 12.0. The van der Waals surface area contributed by atoms with Gasteiger partial charge in [0.2, 0.25) is 10.0 Å². The summed E-state index contributed by atoms with van der Waals surface area (Å²) in [7, 11) is -3.76. The Morgan fingerprint density at radius 1 is 1.35 bits per heavy atom. The zero-order valence-electron chi connectivity index (χ0n) is 10.9. The molecule has 0 radical (unpaired) electrons. The van der Waals surface area contributed by atoms with Crippen molar-refractivity contribution in [2.45, 2.75) is 32.0 Å². The molecule has 0 aromatic heterocycles. The average Bonchev–Trinajstić information content (AvgIpc) is 2.26. The molecule has 114 valence electrons. The fraction of sp³-hybridized carbons (Fsp3) is 0.500. The van der Waals surface area contributed by atoms with Gasteiger partial charge in [-0.15, -0.1) is 0 Å². The first kappa shape index (κ1) is 16.8. The summed E-state index contributed by atoms with van der Waals surface area (Å²) in [4.78, 5) is 0. The van der Waals surface area contributed by atoms with Crippen molar-refractivity contribution in [1.82, 2.24) is 4.72 Å². The molecule has 0 amide bonds. The molecule has 0 saturated heterocycles. The van der Waals surface area contributed by atoms with Gasteiger partial charge >= 0.3 is 6.18 Å². The van der Waals surface area contributed by atoms with Crippen LogP contribution >= 0.6 is 0 Å². The summed E-state index contributed by atoms with van der Waals surface area (Å²) in [5.41, 5.74) is 6.73. The first-order chi connectivity index (χ1) is 9.09. The molecule has 0 aliphatic carbocycles. The predicted octanol–water partition coefficient (Wildman–Crippen LogP) is 2.59. The van der Waals surface area contributed by atoms with E-state index in [0.717, 1.165) is 0 Å². The van der Waals surface area contributed by atoms with Crippen molar-refractivity contribution < 1.29 is 21.6 Å². The summed E-state index contributed by atoms with van der Waals surface area (Å²) in [5, 5.41) is 0. The highest BCUT2D eigenvalue weighted by Crippen LogP contribution is 2.22. The van der Waals surface area contributed by atoms with Gasteiger partial charge in [0.1, 0.15) is 0 Å². The lowest BCUT2D eigenvalue weighted by molar-refractivity contribution is -0.134. The van der Waals surface area contributed by atoms with Gasteiger partial charge in [-0.25, -0.2) is 13.1 Å². The molecule has 0 heterocycles. The van der Waals surface area contributed by atoms with Crippen LogP contribution in [0.3, 0.4) is 0 Å². The van der Waals surface area contributed by atoms with Crippen molar-refractivity contribution >= 4 is 15.7 Å². The van der Waals surface area contributed by atoms with Crippen molar-refractivity contribution in [3.05, 3.63) is 29.8 Å². The molecule has 8 heteroatoms. The van der Waals surface area contributed by atoms with Crippen LogP contribution in [0.5, 0.6) is 0 Å². The van der Waals surface area contributed by atoms with Gasteiger partial charge in [-0.05, 0) is 31.0 Å². The number of anilines is 1. The van der Waals surface area contributed by atoms with Gasteiger partial charge in [-0.1, -0.05) is 12.1 Å². The number of halogens is 3. The molecular formula is C12H17F3N2O2S. The maximum Gasteiger partial charge on any atom is 0.389 e. The molecule has 1 rings (SSSR count). The maximum atomic E-state index is 12.0. The normalized spacial score (nSPS) is 14.2. The number of nitrogen functional groups attached to an aromatic ring is 1. The number of alkyl halides is 3. The van der Waals surface area contributed by atoms with Crippen molar-refractivity contribution in [2.24, 2.45) is 0 Å². The molecule has 0 bridgehead atoms. The molecule has 1 unspecified atom stereocenters. The van der Waals surface area contributed by atoms with Gasteiger partial charge in [0.15, 0.2) is 0 Å². The van der Waals surface area contributed by atoms with Crippen LogP contribution in [-0.2, 0) is 10.0 Å². The van der Waals surface area contributed by atoms with Crippen LogP contribution < -0.4 is 10.5 Å². The quantitative estimate of drug-likeness (QED) is 0.793. The fourth-order valence-electron chi connectivity index (χ4n) is 1.69. The molecular weight excluding hydrogens is 293 g/mol. The standard InChI is InChI=1S/C12H17F3N2O2S/c1-9(10-4-2-5-11(16)8-10)17-20(18,19)7-3-6-12(13,14)15/h2,4-5,8-9,17H,3,6-7,16H2,1H3. The second-order valence-corrected chi connectivity index (χ2v) is 6.42. The summed E-state index contributed by atoms with van der Waals surface area (Å²) in [6.45, 7) is 1.61. The lowest BCUT2D eigenvalue weighted by Crippen LogP contribution is -2.29. The Morgan fingerprint density at radius 2 is 2.00 bits per heavy atom. The summed E-state index contributed by atoms with van der Waals surface area (Å²) in [5.74, 6) is -0.556. The second kappa shape index (κ2) is 6.45. The van der Waals surface area contributed by atoms with Gasteiger partial charge in [-0.2, -0.15) is 13.2 Å². The van der Waals surface area contributed by atoms with E-state index in [1.54, 1.807) is 31.2 Å². The summed E-state index contributed by atoms with van der Waals surface area (Å²) in [6, 6.07) is 6.10. The van der Waals surface area contributed by atoms with Crippen LogP contribution in [-0.4, -0.2) is 20.3 Å². The van der Waals surface area contributed by atoms with Crippen molar-refractivity contribution in [1.29, 1.82) is 0 Å². The molecule has 0 aliphatic rings. The van der Waals surface area contributed by atoms with Gasteiger partial charge in [-0.3, -0.25) is 0 Å². The van der Waals surface area contributed by atoms with E-state index < -0.39 is 40.8 Å². The molecule has 1 atom stereocenters. The van der Waals surface area contributed by atoms with Gasteiger partial charge in [0.05, 0.1) is 5.75 Å². The molecule has 4 nitrogen and oxygen atoms in total. The zero-order valence-corrected chi connectivity index (χ0v) is 11.8. The van der Waals surface area contributed by atoms with Crippen molar-refractivity contribution in [3.63, 3.8) is 0 Å².